The number of nitrogens with one attached hydrogen (secondary N) is 2. The van der Waals surface area contributed by atoms with Crippen LogP contribution >= 0.6 is 11.6 Å². The third-order valence-corrected chi connectivity index (χ3v) is 4.61. The molecule has 0 aliphatic carbocycles. The number of para-hydroxylation sites is 1. The van der Waals surface area contributed by atoms with Crippen LogP contribution in [0.1, 0.15) is 16.2 Å². The van der Waals surface area contributed by atoms with Crippen molar-refractivity contribution in [2.45, 2.75) is 13.5 Å². The van der Waals surface area contributed by atoms with Crippen LogP contribution in [0.5, 0.6) is 11.5 Å². The molecule has 0 fully saturated rings. The molecule has 0 radical (unpaired) electrons. The van der Waals surface area contributed by atoms with Crippen molar-refractivity contribution in [2.24, 2.45) is 0 Å². The SMILES string of the molecule is COc1ccc(NC(=O)Cn2nnc(C(=O)Nc3ccccc3Cl)c2C)cc1OC. The summed E-state index contributed by atoms with van der Waals surface area (Å²) in [5.41, 5.74) is 1.55. The summed E-state index contributed by atoms with van der Waals surface area (Å²) >= 11 is 6.06. The van der Waals surface area contributed by atoms with Crippen LogP contribution in [-0.4, -0.2) is 41.0 Å². The summed E-state index contributed by atoms with van der Waals surface area (Å²) in [6.07, 6.45) is 0. The fourth-order valence-electron chi connectivity index (χ4n) is 2.71. The molecule has 2 aromatic carbocycles. The highest BCUT2D eigenvalue weighted by Crippen LogP contribution is 2.29. The Balaban J connectivity index is 1.68. The molecular formula is C20H20ClN5O4. The number of ether oxygens (including phenoxy) is 2. The second-order valence-corrected chi connectivity index (χ2v) is 6.64. The van der Waals surface area contributed by atoms with Gasteiger partial charge in [0.05, 0.1) is 30.6 Å². The van der Waals surface area contributed by atoms with Crippen LogP contribution in [0, 0.1) is 6.92 Å². The van der Waals surface area contributed by atoms with Crippen LogP contribution in [-0.2, 0) is 11.3 Å². The van der Waals surface area contributed by atoms with Gasteiger partial charge in [0.2, 0.25) is 5.91 Å². The summed E-state index contributed by atoms with van der Waals surface area (Å²) in [5, 5.41) is 13.6. The molecule has 0 unspecified atom stereocenters. The van der Waals surface area contributed by atoms with Crippen molar-refractivity contribution in [1.82, 2.24) is 15.0 Å². The highest BCUT2D eigenvalue weighted by atomic mass is 35.5. The van der Waals surface area contributed by atoms with Crippen molar-refractivity contribution in [3.63, 3.8) is 0 Å². The number of amides is 2. The van der Waals surface area contributed by atoms with Gasteiger partial charge in [0.15, 0.2) is 17.2 Å². The number of benzene rings is 2. The second-order valence-electron chi connectivity index (χ2n) is 6.23. The van der Waals surface area contributed by atoms with Crippen molar-refractivity contribution in [1.29, 1.82) is 0 Å². The quantitative estimate of drug-likeness (QED) is 0.597. The van der Waals surface area contributed by atoms with E-state index in [1.54, 1.807) is 49.4 Å². The number of rotatable bonds is 7. The molecule has 0 spiro atoms. The lowest BCUT2D eigenvalue weighted by Gasteiger charge is -2.11. The van der Waals surface area contributed by atoms with Gasteiger partial charge in [-0.25, -0.2) is 4.68 Å². The Hall–Kier alpha value is -3.59. The van der Waals surface area contributed by atoms with Gasteiger partial charge in [-0.3, -0.25) is 9.59 Å². The first kappa shape index (κ1) is 21.1. The Kier molecular flexibility index (Phi) is 6.53. The van der Waals surface area contributed by atoms with E-state index in [1.165, 1.54) is 18.9 Å². The van der Waals surface area contributed by atoms with Crippen LogP contribution in [0.2, 0.25) is 5.02 Å². The Bertz CT molecular complexity index is 1080. The standard InChI is InChI=1S/C20H20ClN5O4/c1-12-19(20(28)23-15-7-5-4-6-14(15)21)24-25-26(12)11-18(27)22-13-8-9-16(29-2)17(10-13)30-3/h4-10H,11H2,1-3H3,(H,22,27)(H,23,28). The van der Waals surface area contributed by atoms with Crippen molar-refractivity contribution >= 4 is 34.8 Å². The van der Waals surface area contributed by atoms with Gasteiger partial charge in [-0.1, -0.05) is 28.9 Å². The summed E-state index contributed by atoms with van der Waals surface area (Å²) in [6.45, 7) is 1.54. The lowest BCUT2D eigenvalue weighted by atomic mass is 10.2. The first-order chi connectivity index (χ1) is 14.4. The van der Waals surface area contributed by atoms with Crippen LogP contribution in [0.3, 0.4) is 0 Å². The maximum atomic E-state index is 12.5. The number of aromatic nitrogens is 3. The molecule has 10 heteroatoms. The van der Waals surface area contributed by atoms with Crippen molar-refractivity contribution in [3.05, 3.63) is 58.9 Å². The summed E-state index contributed by atoms with van der Waals surface area (Å²) in [4.78, 5) is 24.9. The largest absolute Gasteiger partial charge is 0.493 e. The number of hydrogen-bond acceptors (Lipinski definition) is 6. The third-order valence-electron chi connectivity index (χ3n) is 4.28. The number of methoxy groups -OCH3 is 2. The number of carbonyl (C=O) groups is 2. The molecule has 2 amide bonds. The Morgan fingerprint density at radius 1 is 1.07 bits per heavy atom. The predicted octanol–water partition coefficient (Wildman–Crippen LogP) is 3.15. The van der Waals surface area contributed by atoms with Gasteiger partial charge < -0.3 is 20.1 Å². The van der Waals surface area contributed by atoms with Gasteiger partial charge in [-0.2, -0.15) is 0 Å². The first-order valence-electron chi connectivity index (χ1n) is 8.90. The van der Waals surface area contributed by atoms with E-state index in [-0.39, 0.29) is 18.1 Å². The molecule has 0 aliphatic heterocycles. The highest BCUT2D eigenvalue weighted by molar-refractivity contribution is 6.33. The van der Waals surface area contributed by atoms with Crippen molar-refractivity contribution in [2.75, 3.05) is 24.9 Å². The van der Waals surface area contributed by atoms with E-state index >= 15 is 0 Å². The fourth-order valence-corrected chi connectivity index (χ4v) is 2.90. The number of halogens is 1. The molecule has 1 aromatic heterocycles. The van der Waals surface area contributed by atoms with Gasteiger partial charge in [-0.05, 0) is 31.2 Å². The van der Waals surface area contributed by atoms with Crippen LogP contribution in [0.4, 0.5) is 11.4 Å². The van der Waals surface area contributed by atoms with E-state index in [2.05, 4.69) is 20.9 Å². The fraction of sp³-hybridized carbons (Fsp3) is 0.200. The molecule has 3 aromatic rings. The average molecular weight is 430 g/mol. The van der Waals surface area contributed by atoms with E-state index in [0.29, 0.717) is 33.6 Å². The minimum absolute atomic E-state index is 0.105. The van der Waals surface area contributed by atoms with Crippen LogP contribution in [0.15, 0.2) is 42.5 Å². The number of nitrogens with zero attached hydrogens (tertiary/aromatic N) is 3. The molecule has 30 heavy (non-hydrogen) atoms. The molecule has 9 nitrogen and oxygen atoms in total. The van der Waals surface area contributed by atoms with Gasteiger partial charge in [0.1, 0.15) is 6.54 Å². The monoisotopic (exact) mass is 429 g/mol. The number of carbonyl (C=O) groups excluding carboxylic acids is 2. The Morgan fingerprint density at radius 3 is 2.50 bits per heavy atom. The zero-order valence-electron chi connectivity index (χ0n) is 16.6. The van der Waals surface area contributed by atoms with Gasteiger partial charge in [-0.15, -0.1) is 5.10 Å². The highest BCUT2D eigenvalue weighted by Gasteiger charge is 2.19. The minimum Gasteiger partial charge on any atom is -0.493 e. The molecule has 156 valence electrons. The van der Waals surface area contributed by atoms with E-state index in [9.17, 15) is 9.59 Å². The van der Waals surface area contributed by atoms with Crippen molar-refractivity contribution < 1.29 is 19.1 Å². The maximum absolute atomic E-state index is 12.5. The Morgan fingerprint density at radius 2 is 1.80 bits per heavy atom. The minimum atomic E-state index is -0.466. The Labute approximate surface area is 177 Å². The molecule has 0 saturated carbocycles. The lowest BCUT2D eigenvalue weighted by Crippen LogP contribution is -2.21. The number of anilines is 2. The summed E-state index contributed by atoms with van der Waals surface area (Å²) in [5.74, 6) is 0.239. The molecule has 1 heterocycles. The van der Waals surface area contributed by atoms with E-state index in [1.807, 2.05) is 0 Å². The summed E-state index contributed by atoms with van der Waals surface area (Å²) in [7, 11) is 3.04. The summed E-state index contributed by atoms with van der Waals surface area (Å²) in [6, 6.07) is 11.9. The smallest absolute Gasteiger partial charge is 0.278 e. The van der Waals surface area contributed by atoms with E-state index in [4.69, 9.17) is 21.1 Å². The molecule has 0 atom stereocenters. The normalized spacial score (nSPS) is 10.4. The maximum Gasteiger partial charge on any atom is 0.278 e. The van der Waals surface area contributed by atoms with E-state index < -0.39 is 5.91 Å². The topological polar surface area (TPSA) is 107 Å². The average Bonchev–Trinajstić information content (AvgIpc) is 3.09. The van der Waals surface area contributed by atoms with Gasteiger partial charge in [0, 0.05) is 11.8 Å². The second kappa shape index (κ2) is 9.27. The molecule has 2 N–H and O–H groups in total. The van der Waals surface area contributed by atoms with Crippen molar-refractivity contribution in [3.8, 4) is 11.5 Å². The third kappa shape index (κ3) is 4.69. The lowest BCUT2D eigenvalue weighted by molar-refractivity contribution is -0.117. The summed E-state index contributed by atoms with van der Waals surface area (Å²) < 4.78 is 11.7. The molecule has 0 aliphatic rings. The van der Waals surface area contributed by atoms with Crippen LogP contribution < -0.4 is 20.1 Å². The number of hydrogen-bond donors (Lipinski definition) is 2. The van der Waals surface area contributed by atoms with E-state index in [0.717, 1.165) is 0 Å². The van der Waals surface area contributed by atoms with Gasteiger partial charge >= 0.3 is 0 Å². The molecular weight excluding hydrogens is 410 g/mol. The predicted molar refractivity (Wildman–Crippen MR) is 112 cm³/mol. The zero-order chi connectivity index (χ0) is 21.7. The first-order valence-corrected chi connectivity index (χ1v) is 9.28. The van der Waals surface area contributed by atoms with Gasteiger partial charge in [0.25, 0.3) is 5.91 Å². The molecule has 3 rings (SSSR count). The van der Waals surface area contributed by atoms with Crippen LogP contribution in [0.25, 0.3) is 0 Å². The zero-order valence-corrected chi connectivity index (χ0v) is 17.4. The molecule has 0 bridgehead atoms. The molecule has 0 saturated heterocycles.